The fraction of sp³-hybridized carbons (Fsp3) is 0.500. The largest absolute Gasteiger partial charge is 0.381 e. The summed E-state index contributed by atoms with van der Waals surface area (Å²) in [4.78, 5) is 24.8. The topological polar surface area (TPSA) is 77.0 Å². The molecule has 0 radical (unpaired) electrons. The first-order valence-electron chi connectivity index (χ1n) is 7.87. The highest BCUT2D eigenvalue weighted by molar-refractivity contribution is 7.13. The Kier molecular flexibility index (Phi) is 5.65. The number of thiazole rings is 1. The fourth-order valence-electron chi connectivity index (χ4n) is 2.57. The van der Waals surface area contributed by atoms with Gasteiger partial charge in [-0.05, 0) is 24.8 Å². The summed E-state index contributed by atoms with van der Waals surface area (Å²) in [6.45, 7) is 2.14. The second kappa shape index (κ2) is 8.12. The van der Waals surface area contributed by atoms with E-state index in [1.54, 1.807) is 18.5 Å². The molecule has 3 heterocycles. The number of carbonyl (C=O) groups excluding carboxylic acids is 1. The highest BCUT2D eigenvalue weighted by Crippen LogP contribution is 2.20. The molecular weight excluding hydrogens is 312 g/mol. The molecule has 3 rings (SSSR count). The van der Waals surface area contributed by atoms with Gasteiger partial charge in [0.1, 0.15) is 0 Å². The maximum atomic E-state index is 11.9. The first kappa shape index (κ1) is 16.0. The molecule has 1 amide bonds. The van der Waals surface area contributed by atoms with Crippen LogP contribution in [-0.2, 0) is 16.0 Å². The van der Waals surface area contributed by atoms with Crippen LogP contribution in [-0.4, -0.2) is 40.6 Å². The SMILES string of the molecule is O=C(CC1CCCOC1)NCCc1csc(-c2ncccn2)n1. The molecule has 1 unspecified atom stereocenters. The van der Waals surface area contributed by atoms with Gasteiger partial charge in [-0.2, -0.15) is 0 Å². The van der Waals surface area contributed by atoms with Crippen molar-refractivity contribution in [2.45, 2.75) is 25.7 Å². The average Bonchev–Trinajstić information content (AvgIpc) is 3.05. The predicted octanol–water partition coefficient (Wildman–Crippen LogP) is 2.08. The van der Waals surface area contributed by atoms with Crippen LogP contribution in [0.25, 0.3) is 10.8 Å². The predicted molar refractivity (Wildman–Crippen MR) is 88.0 cm³/mol. The van der Waals surface area contributed by atoms with E-state index in [4.69, 9.17) is 4.74 Å². The van der Waals surface area contributed by atoms with Crippen molar-refractivity contribution in [3.05, 3.63) is 29.5 Å². The van der Waals surface area contributed by atoms with Gasteiger partial charge in [-0.1, -0.05) is 0 Å². The number of nitrogens with one attached hydrogen (secondary N) is 1. The van der Waals surface area contributed by atoms with Gasteiger partial charge in [-0.3, -0.25) is 4.79 Å². The number of hydrogen-bond donors (Lipinski definition) is 1. The van der Waals surface area contributed by atoms with Crippen molar-refractivity contribution >= 4 is 17.2 Å². The molecule has 0 spiro atoms. The van der Waals surface area contributed by atoms with Gasteiger partial charge in [0.2, 0.25) is 5.91 Å². The van der Waals surface area contributed by atoms with Crippen LogP contribution >= 0.6 is 11.3 Å². The summed E-state index contributed by atoms with van der Waals surface area (Å²) in [5.41, 5.74) is 0.957. The number of nitrogens with zero attached hydrogens (tertiary/aromatic N) is 3. The summed E-state index contributed by atoms with van der Waals surface area (Å²) in [5, 5.41) is 5.77. The van der Waals surface area contributed by atoms with Gasteiger partial charge in [-0.25, -0.2) is 15.0 Å². The van der Waals surface area contributed by atoms with Crippen molar-refractivity contribution < 1.29 is 9.53 Å². The summed E-state index contributed by atoms with van der Waals surface area (Å²) < 4.78 is 5.40. The molecule has 0 bridgehead atoms. The molecule has 2 aromatic heterocycles. The van der Waals surface area contributed by atoms with Crippen molar-refractivity contribution in [2.75, 3.05) is 19.8 Å². The highest BCUT2D eigenvalue weighted by Gasteiger charge is 2.17. The molecule has 2 aromatic rings. The lowest BCUT2D eigenvalue weighted by atomic mass is 9.98. The molecule has 1 atom stereocenters. The normalized spacial score (nSPS) is 17.8. The Hall–Kier alpha value is -1.86. The van der Waals surface area contributed by atoms with E-state index in [1.807, 2.05) is 5.38 Å². The smallest absolute Gasteiger partial charge is 0.220 e. The highest BCUT2D eigenvalue weighted by atomic mass is 32.1. The zero-order chi connectivity index (χ0) is 15.9. The number of hydrogen-bond acceptors (Lipinski definition) is 6. The van der Waals surface area contributed by atoms with Gasteiger partial charge < -0.3 is 10.1 Å². The van der Waals surface area contributed by atoms with Crippen LogP contribution in [0.2, 0.25) is 0 Å². The summed E-state index contributed by atoms with van der Waals surface area (Å²) in [5.74, 6) is 1.11. The van der Waals surface area contributed by atoms with Crippen LogP contribution in [0.4, 0.5) is 0 Å². The Bertz CT molecular complexity index is 626. The third kappa shape index (κ3) is 4.80. The zero-order valence-electron chi connectivity index (χ0n) is 12.9. The monoisotopic (exact) mass is 332 g/mol. The standard InChI is InChI=1S/C16H20N4O2S/c21-14(9-12-3-1-8-22-10-12)17-7-4-13-11-23-16(20-13)15-18-5-2-6-19-15/h2,5-6,11-12H,1,3-4,7-10H2,(H,17,21). The Morgan fingerprint density at radius 1 is 1.39 bits per heavy atom. The van der Waals surface area contributed by atoms with E-state index in [0.29, 0.717) is 31.3 Å². The molecule has 0 aromatic carbocycles. The zero-order valence-corrected chi connectivity index (χ0v) is 13.7. The molecule has 1 aliphatic heterocycles. The minimum absolute atomic E-state index is 0.0994. The van der Waals surface area contributed by atoms with Gasteiger partial charge >= 0.3 is 0 Å². The molecule has 1 saturated heterocycles. The molecule has 122 valence electrons. The Morgan fingerprint density at radius 2 is 2.26 bits per heavy atom. The van der Waals surface area contributed by atoms with Gasteiger partial charge in [-0.15, -0.1) is 11.3 Å². The van der Waals surface area contributed by atoms with Gasteiger partial charge in [0.25, 0.3) is 0 Å². The molecule has 6 nitrogen and oxygen atoms in total. The second-order valence-electron chi connectivity index (χ2n) is 5.60. The van der Waals surface area contributed by atoms with E-state index in [9.17, 15) is 4.79 Å². The van der Waals surface area contributed by atoms with Crippen LogP contribution in [0.3, 0.4) is 0 Å². The maximum absolute atomic E-state index is 11.9. The quantitative estimate of drug-likeness (QED) is 0.876. The third-order valence-electron chi connectivity index (χ3n) is 3.74. The molecule has 0 aliphatic carbocycles. The van der Waals surface area contributed by atoms with Gasteiger partial charge in [0, 0.05) is 50.4 Å². The van der Waals surface area contributed by atoms with E-state index in [2.05, 4.69) is 20.3 Å². The first-order chi connectivity index (χ1) is 11.3. The number of amides is 1. The number of rotatable bonds is 6. The lowest BCUT2D eigenvalue weighted by molar-refractivity contribution is -0.123. The van der Waals surface area contributed by atoms with E-state index >= 15 is 0 Å². The molecule has 1 aliphatic rings. The molecule has 7 heteroatoms. The minimum Gasteiger partial charge on any atom is -0.381 e. The van der Waals surface area contributed by atoms with Crippen molar-refractivity contribution in [3.8, 4) is 10.8 Å². The molecule has 1 N–H and O–H groups in total. The van der Waals surface area contributed by atoms with E-state index in [-0.39, 0.29) is 5.91 Å². The van der Waals surface area contributed by atoms with Crippen molar-refractivity contribution in [1.29, 1.82) is 0 Å². The van der Waals surface area contributed by atoms with Crippen molar-refractivity contribution in [2.24, 2.45) is 5.92 Å². The van der Waals surface area contributed by atoms with Crippen LogP contribution in [0.15, 0.2) is 23.8 Å². The van der Waals surface area contributed by atoms with E-state index in [0.717, 1.165) is 36.6 Å². The Labute approximate surface area is 139 Å². The summed E-state index contributed by atoms with van der Waals surface area (Å²) in [7, 11) is 0. The third-order valence-corrected chi connectivity index (χ3v) is 4.63. The van der Waals surface area contributed by atoms with Crippen LogP contribution < -0.4 is 5.32 Å². The second-order valence-corrected chi connectivity index (χ2v) is 6.46. The summed E-state index contributed by atoms with van der Waals surface area (Å²) in [6, 6.07) is 1.78. The van der Waals surface area contributed by atoms with Crippen molar-refractivity contribution in [1.82, 2.24) is 20.3 Å². The van der Waals surface area contributed by atoms with Crippen LogP contribution in [0, 0.1) is 5.92 Å². The molecule has 23 heavy (non-hydrogen) atoms. The average molecular weight is 332 g/mol. The van der Waals surface area contributed by atoms with Gasteiger partial charge in [0.15, 0.2) is 10.8 Å². The molecule has 1 fully saturated rings. The van der Waals surface area contributed by atoms with Crippen LogP contribution in [0.1, 0.15) is 25.0 Å². The number of aromatic nitrogens is 3. The Balaban J connectivity index is 1.42. The van der Waals surface area contributed by atoms with Crippen molar-refractivity contribution in [3.63, 3.8) is 0 Å². The lowest BCUT2D eigenvalue weighted by Crippen LogP contribution is -2.30. The minimum atomic E-state index is 0.0994. The number of carbonyl (C=O) groups is 1. The van der Waals surface area contributed by atoms with Crippen LogP contribution in [0.5, 0.6) is 0 Å². The lowest BCUT2D eigenvalue weighted by Gasteiger charge is -2.21. The van der Waals surface area contributed by atoms with E-state index in [1.165, 1.54) is 11.3 Å². The maximum Gasteiger partial charge on any atom is 0.220 e. The fourth-order valence-corrected chi connectivity index (χ4v) is 3.37. The number of ether oxygens (including phenoxy) is 1. The molecule has 0 saturated carbocycles. The summed E-state index contributed by atoms with van der Waals surface area (Å²) in [6.07, 6.45) is 6.83. The molecular formula is C16H20N4O2S. The van der Waals surface area contributed by atoms with E-state index < -0.39 is 0 Å². The summed E-state index contributed by atoms with van der Waals surface area (Å²) >= 11 is 1.52. The first-order valence-corrected chi connectivity index (χ1v) is 8.75. The van der Waals surface area contributed by atoms with Gasteiger partial charge in [0.05, 0.1) is 5.69 Å². The Morgan fingerprint density at radius 3 is 3.04 bits per heavy atom.